The van der Waals surface area contributed by atoms with Crippen molar-refractivity contribution >= 4 is 61.4 Å². The van der Waals surface area contributed by atoms with Crippen molar-refractivity contribution < 1.29 is 4.74 Å². The van der Waals surface area contributed by atoms with Crippen LogP contribution in [0.15, 0.2) is 58.4 Å². The van der Waals surface area contributed by atoms with Gasteiger partial charge in [0, 0.05) is 26.4 Å². The number of nitriles is 1. The zero-order valence-electron chi connectivity index (χ0n) is 15.2. The Balaban J connectivity index is 1.73. The third-order valence-electron chi connectivity index (χ3n) is 4.30. The van der Waals surface area contributed by atoms with Crippen molar-refractivity contribution in [3.8, 4) is 23.1 Å². The number of fused-ring (bicyclic) bond motifs is 1. The fourth-order valence-electron chi connectivity index (χ4n) is 2.82. The summed E-state index contributed by atoms with van der Waals surface area (Å²) in [5.74, 6) is 0.733. The summed E-state index contributed by atoms with van der Waals surface area (Å²) in [6, 6.07) is 17.6. The highest BCUT2D eigenvalue weighted by Crippen LogP contribution is 2.30. The molecule has 29 heavy (non-hydrogen) atoms. The summed E-state index contributed by atoms with van der Waals surface area (Å²) in [6.07, 6.45) is 1.72. The summed E-state index contributed by atoms with van der Waals surface area (Å²) < 4.78 is 6.28. The molecule has 0 aliphatic rings. The maximum atomic E-state index is 9.70. The molecule has 2 aromatic carbocycles. The lowest BCUT2D eigenvalue weighted by molar-refractivity contribution is 0.415. The number of halogens is 2. The van der Waals surface area contributed by atoms with Gasteiger partial charge in [0.15, 0.2) is 0 Å². The number of aromatic nitrogens is 2. The summed E-state index contributed by atoms with van der Waals surface area (Å²) in [5.41, 5.74) is 3.67. The molecule has 4 rings (SSSR count). The quantitative estimate of drug-likeness (QED) is 0.236. The summed E-state index contributed by atoms with van der Waals surface area (Å²) in [5, 5.41) is 13.5. The fourth-order valence-corrected chi connectivity index (χ4v) is 4.08. The van der Waals surface area contributed by atoms with Gasteiger partial charge in [-0.15, -0.1) is 11.3 Å². The molecule has 0 aliphatic heterocycles. The molecule has 4 aromatic rings. The van der Waals surface area contributed by atoms with Gasteiger partial charge in [-0.3, -0.25) is 0 Å². The Morgan fingerprint density at radius 2 is 1.97 bits per heavy atom. The molecule has 0 atom stereocenters. The Kier molecular flexibility index (Phi) is 5.63. The van der Waals surface area contributed by atoms with E-state index in [0.717, 1.165) is 32.4 Å². The fraction of sp³-hybridized carbons (Fsp3) is 0.0455. The van der Waals surface area contributed by atoms with Crippen molar-refractivity contribution in [2.45, 2.75) is 0 Å². The number of rotatable bonds is 4. The SMILES string of the molecule is COc1ccc2nc(Cl)c(C=C(C#N)c3nc(-c4ccc(Br)cc4)cs3)cc2c1. The second-order valence-electron chi connectivity index (χ2n) is 6.14. The number of thiazole rings is 1. The molecule has 0 bridgehead atoms. The average Bonchev–Trinajstić information content (AvgIpc) is 3.22. The predicted octanol–water partition coefficient (Wildman–Crippen LogP) is 6.85. The lowest BCUT2D eigenvalue weighted by atomic mass is 10.1. The lowest BCUT2D eigenvalue weighted by Crippen LogP contribution is -1.89. The number of methoxy groups -OCH3 is 1. The maximum absolute atomic E-state index is 9.70. The van der Waals surface area contributed by atoms with Crippen molar-refractivity contribution in [3.05, 3.63) is 74.1 Å². The smallest absolute Gasteiger partial charge is 0.137 e. The molecule has 142 valence electrons. The number of nitrogens with zero attached hydrogens (tertiary/aromatic N) is 3. The first-order valence-corrected chi connectivity index (χ1v) is 10.6. The van der Waals surface area contributed by atoms with E-state index < -0.39 is 0 Å². The minimum atomic E-state index is 0.333. The highest BCUT2D eigenvalue weighted by atomic mass is 79.9. The van der Waals surface area contributed by atoms with Crippen molar-refractivity contribution in [3.63, 3.8) is 0 Å². The zero-order chi connectivity index (χ0) is 20.4. The third-order valence-corrected chi connectivity index (χ3v) is 6.00. The minimum absolute atomic E-state index is 0.333. The van der Waals surface area contributed by atoms with E-state index in [0.29, 0.717) is 21.3 Å². The molecule has 0 spiro atoms. The summed E-state index contributed by atoms with van der Waals surface area (Å²) >= 11 is 11.2. The second kappa shape index (κ2) is 8.34. The second-order valence-corrected chi connectivity index (χ2v) is 8.27. The summed E-state index contributed by atoms with van der Waals surface area (Å²) in [4.78, 5) is 9.05. The normalized spacial score (nSPS) is 11.4. The van der Waals surface area contributed by atoms with Crippen LogP contribution in [0.1, 0.15) is 10.6 Å². The maximum Gasteiger partial charge on any atom is 0.137 e. The number of hydrogen-bond donors (Lipinski definition) is 0. The molecule has 0 saturated heterocycles. The predicted molar refractivity (Wildman–Crippen MR) is 122 cm³/mol. The summed E-state index contributed by atoms with van der Waals surface area (Å²) in [6.45, 7) is 0. The molecule has 0 amide bonds. The van der Waals surface area contributed by atoms with Gasteiger partial charge in [0.05, 0.1) is 23.9 Å². The first-order chi connectivity index (χ1) is 14.1. The Morgan fingerprint density at radius 3 is 2.69 bits per heavy atom. The number of allylic oxidation sites excluding steroid dienone is 1. The third kappa shape index (κ3) is 4.18. The van der Waals surface area contributed by atoms with Gasteiger partial charge in [-0.2, -0.15) is 5.26 Å². The first-order valence-electron chi connectivity index (χ1n) is 8.55. The molecule has 0 radical (unpaired) electrons. The van der Waals surface area contributed by atoms with E-state index in [9.17, 15) is 5.26 Å². The molecule has 2 heterocycles. The minimum Gasteiger partial charge on any atom is -0.497 e. The van der Waals surface area contributed by atoms with Crippen molar-refractivity contribution in [2.24, 2.45) is 0 Å². The molecule has 0 unspecified atom stereocenters. The van der Waals surface area contributed by atoms with E-state index >= 15 is 0 Å². The number of pyridine rings is 1. The molecular weight excluding hydrogens is 470 g/mol. The monoisotopic (exact) mass is 481 g/mol. The molecule has 0 N–H and O–H groups in total. The van der Waals surface area contributed by atoms with Crippen LogP contribution < -0.4 is 4.74 Å². The van der Waals surface area contributed by atoms with E-state index in [1.807, 2.05) is 53.9 Å². The number of ether oxygens (including phenoxy) is 1. The Labute approximate surface area is 185 Å². The van der Waals surface area contributed by atoms with Crippen LogP contribution >= 0.6 is 38.9 Å². The van der Waals surface area contributed by atoms with E-state index in [4.69, 9.17) is 16.3 Å². The molecule has 0 aliphatic carbocycles. The number of hydrogen-bond acceptors (Lipinski definition) is 5. The van der Waals surface area contributed by atoms with E-state index in [2.05, 4.69) is 32.0 Å². The van der Waals surface area contributed by atoms with Crippen LogP contribution in [0.4, 0.5) is 0 Å². The zero-order valence-corrected chi connectivity index (χ0v) is 18.3. The van der Waals surface area contributed by atoms with Crippen LogP contribution in [0.2, 0.25) is 5.15 Å². The van der Waals surface area contributed by atoms with Crippen LogP contribution in [-0.4, -0.2) is 17.1 Å². The van der Waals surface area contributed by atoms with Gasteiger partial charge in [0.1, 0.15) is 22.0 Å². The molecular formula is C22H13BrClN3OS. The summed E-state index contributed by atoms with van der Waals surface area (Å²) in [7, 11) is 1.62. The van der Waals surface area contributed by atoms with E-state index in [-0.39, 0.29) is 0 Å². The topological polar surface area (TPSA) is 58.8 Å². The van der Waals surface area contributed by atoms with Crippen LogP contribution in [0.5, 0.6) is 5.75 Å². The number of benzene rings is 2. The van der Waals surface area contributed by atoms with Crippen LogP contribution in [0, 0.1) is 11.3 Å². The Bertz CT molecular complexity index is 1280. The van der Waals surface area contributed by atoms with Crippen LogP contribution in [-0.2, 0) is 0 Å². The first kappa shape index (κ1) is 19.6. The molecule has 2 aromatic heterocycles. The van der Waals surface area contributed by atoms with Crippen LogP contribution in [0.3, 0.4) is 0 Å². The van der Waals surface area contributed by atoms with Gasteiger partial charge < -0.3 is 4.74 Å². The van der Waals surface area contributed by atoms with Gasteiger partial charge >= 0.3 is 0 Å². The molecule has 4 nitrogen and oxygen atoms in total. The molecule has 0 fully saturated rings. The standard InChI is InChI=1S/C22H13BrClN3OS/c1-28-18-6-7-19-14(10-18)8-15(21(24)26-19)9-16(11-25)22-27-20(12-29-22)13-2-4-17(23)5-3-13/h2-10,12H,1H3. The van der Waals surface area contributed by atoms with Gasteiger partial charge in [-0.25, -0.2) is 9.97 Å². The Hall–Kier alpha value is -2.72. The van der Waals surface area contributed by atoms with Crippen molar-refractivity contribution in [2.75, 3.05) is 7.11 Å². The van der Waals surface area contributed by atoms with E-state index in [1.165, 1.54) is 11.3 Å². The van der Waals surface area contributed by atoms with Gasteiger partial charge in [0.25, 0.3) is 0 Å². The lowest BCUT2D eigenvalue weighted by Gasteiger charge is -2.05. The van der Waals surface area contributed by atoms with Crippen molar-refractivity contribution in [1.29, 1.82) is 5.26 Å². The van der Waals surface area contributed by atoms with Crippen molar-refractivity contribution in [1.82, 2.24) is 9.97 Å². The van der Waals surface area contributed by atoms with E-state index in [1.54, 1.807) is 13.2 Å². The van der Waals surface area contributed by atoms with Gasteiger partial charge in [-0.05, 0) is 42.5 Å². The van der Waals surface area contributed by atoms with Gasteiger partial charge in [0.2, 0.25) is 0 Å². The highest BCUT2D eigenvalue weighted by Gasteiger charge is 2.11. The highest BCUT2D eigenvalue weighted by molar-refractivity contribution is 9.10. The van der Waals surface area contributed by atoms with Crippen LogP contribution in [0.25, 0.3) is 33.8 Å². The molecule has 7 heteroatoms. The Morgan fingerprint density at radius 1 is 1.17 bits per heavy atom. The largest absolute Gasteiger partial charge is 0.497 e. The molecule has 0 saturated carbocycles. The van der Waals surface area contributed by atoms with Gasteiger partial charge in [-0.1, -0.05) is 39.7 Å². The average molecular weight is 483 g/mol.